The lowest BCUT2D eigenvalue weighted by Crippen LogP contribution is -2.00. The van der Waals surface area contributed by atoms with Crippen LogP contribution in [0.5, 0.6) is 0 Å². The lowest BCUT2D eigenvalue weighted by molar-refractivity contribution is 0.734. The van der Waals surface area contributed by atoms with Gasteiger partial charge in [-0.1, -0.05) is 19.9 Å². The third-order valence-electron chi connectivity index (χ3n) is 3.93. The minimum atomic E-state index is 0.598. The molecule has 0 aliphatic rings. The van der Waals surface area contributed by atoms with Gasteiger partial charge in [0.25, 0.3) is 0 Å². The number of hydrogen-bond donors (Lipinski definition) is 1. The Bertz CT molecular complexity index is 573. The van der Waals surface area contributed by atoms with Gasteiger partial charge in [-0.2, -0.15) is 0 Å². The Kier molecular flexibility index (Phi) is 3.55. The second-order valence-corrected chi connectivity index (χ2v) is 5.03. The topological polar surface area (TPSA) is 24.9 Å². The van der Waals surface area contributed by atoms with Crippen molar-refractivity contribution in [3.05, 3.63) is 35.0 Å². The Morgan fingerprint density at radius 2 is 2.00 bits per heavy atom. The third kappa shape index (κ3) is 2.07. The smallest absolute Gasteiger partial charge is 0.0726 e. The number of anilines is 1. The summed E-state index contributed by atoms with van der Waals surface area (Å²) < 4.78 is 0. The monoisotopic (exact) mass is 242 g/mol. The van der Waals surface area contributed by atoms with Gasteiger partial charge in [0.05, 0.1) is 5.52 Å². The summed E-state index contributed by atoms with van der Waals surface area (Å²) in [6.45, 7) is 8.70. The Hall–Kier alpha value is -1.57. The van der Waals surface area contributed by atoms with E-state index in [1.807, 2.05) is 7.05 Å². The predicted molar refractivity (Wildman–Crippen MR) is 79.5 cm³/mol. The van der Waals surface area contributed by atoms with Gasteiger partial charge in [-0.3, -0.25) is 4.98 Å². The van der Waals surface area contributed by atoms with Gasteiger partial charge in [0.2, 0.25) is 0 Å². The molecule has 2 aromatic rings. The molecule has 0 bridgehead atoms. The molecule has 2 heteroatoms. The number of nitrogens with zero attached hydrogens (tertiary/aromatic N) is 1. The van der Waals surface area contributed by atoms with Gasteiger partial charge in [-0.05, 0) is 49.4 Å². The van der Waals surface area contributed by atoms with Crippen LogP contribution in [0.25, 0.3) is 10.9 Å². The van der Waals surface area contributed by atoms with Gasteiger partial charge >= 0.3 is 0 Å². The Labute approximate surface area is 109 Å². The van der Waals surface area contributed by atoms with Crippen molar-refractivity contribution in [2.45, 2.75) is 40.0 Å². The summed E-state index contributed by atoms with van der Waals surface area (Å²) in [5.41, 5.74) is 6.03. The molecule has 2 nitrogen and oxygen atoms in total. The molecular weight excluding hydrogens is 220 g/mol. The maximum absolute atomic E-state index is 4.67. The Morgan fingerprint density at radius 3 is 2.61 bits per heavy atom. The van der Waals surface area contributed by atoms with Gasteiger partial charge in [0.15, 0.2) is 0 Å². The number of fused-ring (bicyclic) bond motifs is 1. The second kappa shape index (κ2) is 4.97. The van der Waals surface area contributed by atoms with Gasteiger partial charge < -0.3 is 5.32 Å². The molecule has 1 aromatic carbocycles. The van der Waals surface area contributed by atoms with E-state index in [1.165, 1.54) is 28.6 Å². The average Bonchev–Trinajstić information content (AvgIpc) is 2.39. The zero-order valence-corrected chi connectivity index (χ0v) is 12.0. The maximum Gasteiger partial charge on any atom is 0.0726 e. The Morgan fingerprint density at radius 1 is 1.28 bits per heavy atom. The molecule has 0 saturated carbocycles. The first kappa shape index (κ1) is 12.9. The van der Waals surface area contributed by atoms with Crippen LogP contribution < -0.4 is 5.32 Å². The molecule has 2 rings (SSSR count). The van der Waals surface area contributed by atoms with E-state index in [-0.39, 0.29) is 0 Å². The van der Waals surface area contributed by atoms with Crippen LogP contribution in [-0.4, -0.2) is 12.0 Å². The van der Waals surface area contributed by atoms with Crippen molar-refractivity contribution < 1.29 is 0 Å². The summed E-state index contributed by atoms with van der Waals surface area (Å²) >= 11 is 0. The molecule has 1 unspecified atom stereocenters. The quantitative estimate of drug-likeness (QED) is 0.862. The van der Waals surface area contributed by atoms with Crippen LogP contribution in [0.4, 0.5) is 5.69 Å². The van der Waals surface area contributed by atoms with Gasteiger partial charge in [-0.15, -0.1) is 0 Å². The molecule has 0 fully saturated rings. The third-order valence-corrected chi connectivity index (χ3v) is 3.93. The van der Waals surface area contributed by atoms with Crippen molar-refractivity contribution in [1.29, 1.82) is 0 Å². The summed E-state index contributed by atoms with van der Waals surface area (Å²) in [6.07, 6.45) is 1.17. The van der Waals surface area contributed by atoms with Crippen molar-refractivity contribution >= 4 is 16.6 Å². The number of aromatic nitrogens is 1. The number of nitrogens with one attached hydrogen (secondary N) is 1. The Balaban J connectivity index is 2.71. The normalized spacial score (nSPS) is 12.7. The van der Waals surface area contributed by atoms with Crippen LogP contribution in [0.15, 0.2) is 18.2 Å². The van der Waals surface area contributed by atoms with E-state index in [0.717, 1.165) is 11.2 Å². The summed E-state index contributed by atoms with van der Waals surface area (Å²) in [5.74, 6) is 0.598. The van der Waals surface area contributed by atoms with Crippen molar-refractivity contribution in [3.8, 4) is 0 Å². The molecule has 96 valence electrons. The number of pyridine rings is 1. The van der Waals surface area contributed by atoms with Crippen molar-refractivity contribution in [2.24, 2.45) is 0 Å². The molecule has 1 heterocycles. The average molecular weight is 242 g/mol. The first-order valence-electron chi connectivity index (χ1n) is 6.67. The fourth-order valence-electron chi connectivity index (χ4n) is 2.36. The van der Waals surface area contributed by atoms with E-state index in [1.54, 1.807) is 0 Å². The zero-order valence-electron chi connectivity index (χ0n) is 12.0. The summed E-state index contributed by atoms with van der Waals surface area (Å²) in [7, 11) is 1.98. The zero-order chi connectivity index (χ0) is 13.3. The minimum absolute atomic E-state index is 0.598. The number of aryl methyl sites for hydroxylation is 1. The van der Waals surface area contributed by atoms with Crippen LogP contribution in [0, 0.1) is 13.8 Å². The maximum atomic E-state index is 4.67. The highest BCUT2D eigenvalue weighted by atomic mass is 14.8. The highest BCUT2D eigenvalue weighted by Crippen LogP contribution is 2.30. The highest BCUT2D eigenvalue weighted by molar-refractivity contribution is 5.93. The molecule has 1 aromatic heterocycles. The van der Waals surface area contributed by atoms with E-state index in [0.29, 0.717) is 5.92 Å². The summed E-state index contributed by atoms with van der Waals surface area (Å²) in [6, 6.07) is 6.64. The van der Waals surface area contributed by atoms with E-state index in [9.17, 15) is 0 Å². The lowest BCUT2D eigenvalue weighted by atomic mass is 9.96. The molecule has 1 N–H and O–H groups in total. The van der Waals surface area contributed by atoms with Crippen LogP contribution in [0.3, 0.4) is 0 Å². The highest BCUT2D eigenvalue weighted by Gasteiger charge is 2.10. The molecule has 0 aliphatic heterocycles. The fraction of sp³-hybridized carbons (Fsp3) is 0.438. The van der Waals surface area contributed by atoms with Crippen LogP contribution in [0.1, 0.15) is 43.0 Å². The standard InChI is InChI=1S/C16H22N2/c1-6-10(2)13-7-8-15-14(9-13)16(17-5)11(3)12(4)18-15/h7-10H,6H2,1-5H3,(H,17,18). The first-order chi connectivity index (χ1) is 8.58. The van der Waals surface area contributed by atoms with E-state index in [2.05, 4.69) is 56.2 Å². The molecule has 0 aliphatic carbocycles. The lowest BCUT2D eigenvalue weighted by Gasteiger charge is -2.15. The second-order valence-electron chi connectivity index (χ2n) is 5.03. The van der Waals surface area contributed by atoms with Crippen LogP contribution in [0.2, 0.25) is 0 Å². The van der Waals surface area contributed by atoms with Crippen LogP contribution in [-0.2, 0) is 0 Å². The summed E-state index contributed by atoms with van der Waals surface area (Å²) in [5, 5.41) is 4.56. The summed E-state index contributed by atoms with van der Waals surface area (Å²) in [4.78, 5) is 4.67. The molecule has 1 atom stereocenters. The molecule has 0 spiro atoms. The van der Waals surface area contributed by atoms with Crippen molar-refractivity contribution in [3.63, 3.8) is 0 Å². The molecule has 0 amide bonds. The number of hydrogen-bond acceptors (Lipinski definition) is 2. The molecular formula is C16H22N2. The molecule has 0 saturated heterocycles. The minimum Gasteiger partial charge on any atom is -0.387 e. The number of benzene rings is 1. The SMILES string of the molecule is CCC(C)c1ccc2nc(C)c(C)c(NC)c2c1. The molecule has 18 heavy (non-hydrogen) atoms. The van der Waals surface area contributed by atoms with Crippen molar-refractivity contribution in [2.75, 3.05) is 12.4 Å². The molecule has 0 radical (unpaired) electrons. The van der Waals surface area contributed by atoms with E-state index >= 15 is 0 Å². The first-order valence-corrected chi connectivity index (χ1v) is 6.67. The predicted octanol–water partition coefficient (Wildman–Crippen LogP) is 4.41. The van der Waals surface area contributed by atoms with E-state index in [4.69, 9.17) is 0 Å². The largest absolute Gasteiger partial charge is 0.387 e. The van der Waals surface area contributed by atoms with E-state index < -0.39 is 0 Å². The fourth-order valence-corrected chi connectivity index (χ4v) is 2.36. The van der Waals surface area contributed by atoms with Crippen molar-refractivity contribution in [1.82, 2.24) is 4.98 Å². The van der Waals surface area contributed by atoms with Gasteiger partial charge in [0.1, 0.15) is 0 Å². The van der Waals surface area contributed by atoms with Crippen LogP contribution >= 0.6 is 0 Å². The number of rotatable bonds is 3. The van der Waals surface area contributed by atoms with Gasteiger partial charge in [0, 0.05) is 23.8 Å². The van der Waals surface area contributed by atoms with Gasteiger partial charge in [-0.25, -0.2) is 0 Å².